The minimum Gasteiger partial charge on any atom is -0.508 e. The Morgan fingerprint density at radius 1 is 0.593 bits per heavy atom. The van der Waals surface area contributed by atoms with Crippen molar-refractivity contribution in [2.75, 3.05) is 0 Å². The lowest BCUT2D eigenvalue weighted by Crippen LogP contribution is -1.96. The maximum absolute atomic E-state index is 9.31. The average Bonchev–Trinajstić information content (AvgIpc) is 2.72. The van der Waals surface area contributed by atoms with Crippen LogP contribution in [-0.2, 0) is 13.2 Å². The molecule has 3 N–H and O–H groups in total. The van der Waals surface area contributed by atoms with E-state index in [9.17, 15) is 15.3 Å². The molecule has 0 fully saturated rings. The van der Waals surface area contributed by atoms with E-state index in [1.165, 1.54) is 0 Å². The molecule has 0 spiro atoms. The van der Waals surface area contributed by atoms with Crippen molar-refractivity contribution in [1.82, 2.24) is 4.98 Å². The third kappa shape index (κ3) is 5.38. The molecule has 0 bridgehead atoms. The molecule has 3 rings (SSSR count). The van der Waals surface area contributed by atoms with Gasteiger partial charge in [-0.25, -0.2) is 0 Å². The second kappa shape index (κ2) is 8.94. The van der Waals surface area contributed by atoms with Gasteiger partial charge in [0.2, 0.25) is 0 Å². The molecule has 0 aliphatic carbocycles. The van der Waals surface area contributed by atoms with Crippen LogP contribution in [0.2, 0.25) is 0 Å². The first kappa shape index (κ1) is 18.6. The maximum Gasteiger partial charge on any atom is 0.115 e. The number of hydrogen-bond donors (Lipinski definition) is 3. The molecule has 1 aromatic heterocycles. The van der Waals surface area contributed by atoms with E-state index in [1.54, 1.807) is 24.3 Å². The minimum atomic E-state index is -0.156. The van der Waals surface area contributed by atoms with Crippen LogP contribution in [0.5, 0.6) is 5.75 Å². The summed E-state index contributed by atoms with van der Waals surface area (Å²) in [6.07, 6.45) is 7.92. The van der Waals surface area contributed by atoms with Crippen LogP contribution in [0, 0.1) is 0 Å². The second-order valence-electron chi connectivity index (χ2n) is 6.12. The third-order valence-corrected chi connectivity index (χ3v) is 4.04. The van der Waals surface area contributed by atoms with Crippen LogP contribution in [0.4, 0.5) is 0 Å². The Labute approximate surface area is 158 Å². The Bertz CT molecular complexity index is 920. The van der Waals surface area contributed by atoms with Crippen LogP contribution in [0.1, 0.15) is 33.6 Å². The molecule has 0 saturated heterocycles. The van der Waals surface area contributed by atoms with Crippen molar-refractivity contribution in [2.45, 2.75) is 13.2 Å². The van der Waals surface area contributed by atoms with E-state index in [0.29, 0.717) is 11.4 Å². The highest BCUT2D eigenvalue weighted by Crippen LogP contribution is 2.15. The molecule has 27 heavy (non-hydrogen) atoms. The van der Waals surface area contributed by atoms with Crippen molar-refractivity contribution < 1.29 is 15.3 Å². The molecule has 4 heteroatoms. The molecule has 0 aliphatic heterocycles. The number of benzene rings is 2. The number of aromatic nitrogens is 1. The van der Waals surface area contributed by atoms with E-state index >= 15 is 0 Å². The zero-order chi connectivity index (χ0) is 19.1. The van der Waals surface area contributed by atoms with Gasteiger partial charge >= 0.3 is 0 Å². The van der Waals surface area contributed by atoms with Crippen molar-refractivity contribution in [3.05, 3.63) is 94.3 Å². The fourth-order valence-corrected chi connectivity index (χ4v) is 2.62. The maximum atomic E-state index is 9.31. The number of hydrogen-bond acceptors (Lipinski definition) is 4. The Morgan fingerprint density at radius 2 is 0.963 bits per heavy atom. The lowest BCUT2D eigenvalue weighted by Gasteiger charge is -2.03. The first-order chi connectivity index (χ1) is 13.2. The molecule has 0 saturated carbocycles. The van der Waals surface area contributed by atoms with Crippen LogP contribution in [-0.4, -0.2) is 20.3 Å². The number of aliphatic hydroxyl groups is 2. The highest BCUT2D eigenvalue weighted by molar-refractivity contribution is 5.73. The SMILES string of the molecule is OCc1cc(C=Cc2ccc(C=Cc3ccc(O)cc3)cc2)cc(CO)n1. The van der Waals surface area contributed by atoms with E-state index in [-0.39, 0.29) is 19.0 Å². The molecular formula is C23H21NO3. The molecule has 3 aromatic rings. The van der Waals surface area contributed by atoms with Crippen molar-refractivity contribution in [2.24, 2.45) is 0 Å². The van der Waals surface area contributed by atoms with Crippen molar-refractivity contribution >= 4 is 24.3 Å². The van der Waals surface area contributed by atoms with Crippen molar-refractivity contribution in [3.8, 4) is 5.75 Å². The zero-order valence-corrected chi connectivity index (χ0v) is 14.8. The number of nitrogens with zero attached hydrogens (tertiary/aromatic N) is 1. The van der Waals surface area contributed by atoms with E-state index in [2.05, 4.69) is 4.98 Å². The van der Waals surface area contributed by atoms with Crippen molar-refractivity contribution in [3.63, 3.8) is 0 Å². The molecular weight excluding hydrogens is 338 g/mol. The number of phenols is 1. The van der Waals surface area contributed by atoms with Gasteiger partial charge in [-0.2, -0.15) is 0 Å². The predicted octanol–water partition coefficient (Wildman–Crippen LogP) is 4.11. The van der Waals surface area contributed by atoms with Gasteiger partial charge in [-0.15, -0.1) is 0 Å². The van der Waals surface area contributed by atoms with Gasteiger partial charge in [0.15, 0.2) is 0 Å². The Hall–Kier alpha value is -3.21. The standard InChI is InChI=1S/C23H21NO3/c25-15-21-13-20(14-22(16-26)24-21)8-7-18-3-1-17(2-4-18)5-6-19-9-11-23(27)12-10-19/h1-14,25-27H,15-16H2. The molecule has 0 atom stereocenters. The van der Waals surface area contributed by atoms with E-state index in [4.69, 9.17) is 0 Å². The molecule has 0 unspecified atom stereocenters. The van der Waals surface area contributed by atoms with Crippen LogP contribution < -0.4 is 0 Å². The van der Waals surface area contributed by atoms with Crippen LogP contribution in [0.15, 0.2) is 60.7 Å². The summed E-state index contributed by atoms with van der Waals surface area (Å²) < 4.78 is 0. The lowest BCUT2D eigenvalue weighted by molar-refractivity contribution is 0.265. The summed E-state index contributed by atoms with van der Waals surface area (Å²) in [5.41, 5.74) is 5.11. The van der Waals surface area contributed by atoms with Gasteiger partial charge in [-0.3, -0.25) is 4.98 Å². The molecule has 4 nitrogen and oxygen atoms in total. The van der Waals surface area contributed by atoms with Gasteiger partial charge in [-0.05, 0) is 46.5 Å². The summed E-state index contributed by atoms with van der Waals surface area (Å²) in [5.74, 6) is 0.259. The summed E-state index contributed by atoms with van der Waals surface area (Å²) in [6.45, 7) is -0.312. The minimum absolute atomic E-state index is 0.156. The van der Waals surface area contributed by atoms with E-state index in [0.717, 1.165) is 22.3 Å². The summed E-state index contributed by atoms with van der Waals surface area (Å²) in [4.78, 5) is 4.13. The smallest absolute Gasteiger partial charge is 0.115 e. The molecule has 136 valence electrons. The van der Waals surface area contributed by atoms with Gasteiger partial charge in [0.25, 0.3) is 0 Å². The fraction of sp³-hybridized carbons (Fsp3) is 0.0870. The summed E-state index contributed by atoms with van der Waals surface area (Å²) in [5, 5.41) is 27.8. The van der Waals surface area contributed by atoms with Gasteiger partial charge in [-0.1, -0.05) is 60.7 Å². The van der Waals surface area contributed by atoms with Crippen LogP contribution in [0.3, 0.4) is 0 Å². The molecule has 0 aliphatic rings. The Balaban J connectivity index is 1.70. The quantitative estimate of drug-likeness (QED) is 0.579. The largest absolute Gasteiger partial charge is 0.508 e. The van der Waals surface area contributed by atoms with Gasteiger partial charge in [0, 0.05) is 0 Å². The molecule has 0 radical (unpaired) electrons. The van der Waals surface area contributed by atoms with Crippen molar-refractivity contribution in [1.29, 1.82) is 0 Å². The number of aliphatic hydroxyl groups excluding tert-OH is 2. The number of pyridine rings is 1. The average molecular weight is 359 g/mol. The summed E-state index contributed by atoms with van der Waals surface area (Å²) >= 11 is 0. The van der Waals surface area contributed by atoms with E-state index < -0.39 is 0 Å². The first-order valence-electron chi connectivity index (χ1n) is 8.63. The second-order valence-corrected chi connectivity index (χ2v) is 6.12. The first-order valence-corrected chi connectivity index (χ1v) is 8.63. The number of aromatic hydroxyl groups is 1. The fourth-order valence-electron chi connectivity index (χ4n) is 2.62. The predicted molar refractivity (Wildman–Crippen MR) is 108 cm³/mol. The number of phenolic OH excluding ortho intramolecular Hbond substituents is 1. The molecule has 0 amide bonds. The van der Waals surface area contributed by atoms with Gasteiger partial charge < -0.3 is 15.3 Å². The van der Waals surface area contributed by atoms with Gasteiger partial charge in [0.1, 0.15) is 5.75 Å². The molecule has 2 aromatic carbocycles. The van der Waals surface area contributed by atoms with Gasteiger partial charge in [0.05, 0.1) is 24.6 Å². The Kier molecular flexibility index (Phi) is 6.15. The highest BCUT2D eigenvalue weighted by Gasteiger charge is 2.00. The van der Waals surface area contributed by atoms with Crippen LogP contribution in [0.25, 0.3) is 24.3 Å². The highest BCUT2D eigenvalue weighted by atomic mass is 16.3. The summed E-state index contributed by atoms with van der Waals surface area (Å²) in [6, 6.07) is 18.7. The Morgan fingerprint density at radius 3 is 1.37 bits per heavy atom. The monoisotopic (exact) mass is 359 g/mol. The topological polar surface area (TPSA) is 73.6 Å². The third-order valence-electron chi connectivity index (χ3n) is 4.04. The molecule has 1 heterocycles. The normalized spacial score (nSPS) is 11.5. The van der Waals surface area contributed by atoms with Crippen LogP contribution >= 0.6 is 0 Å². The van der Waals surface area contributed by atoms with E-state index in [1.807, 2.05) is 60.7 Å². The lowest BCUT2D eigenvalue weighted by atomic mass is 10.1. The zero-order valence-electron chi connectivity index (χ0n) is 14.8. The summed E-state index contributed by atoms with van der Waals surface area (Å²) in [7, 11) is 0. The number of rotatable bonds is 6.